The maximum Gasteiger partial charge on any atom is 0.0548 e. The third-order valence-corrected chi connectivity index (χ3v) is 12.8. The highest BCUT2D eigenvalue weighted by molar-refractivity contribution is 6.25. The van der Waals surface area contributed by atoms with Gasteiger partial charge in [-0.15, -0.1) is 0 Å². The van der Waals surface area contributed by atoms with Gasteiger partial charge in [0, 0.05) is 33.4 Å². The van der Waals surface area contributed by atoms with Crippen molar-refractivity contribution >= 4 is 60.4 Å². The van der Waals surface area contributed by atoms with Crippen LogP contribution in [0.3, 0.4) is 0 Å². The Kier molecular flexibility index (Phi) is 9.20. The zero-order valence-corrected chi connectivity index (χ0v) is 35.1. The van der Waals surface area contributed by atoms with Crippen molar-refractivity contribution in [3.63, 3.8) is 0 Å². The number of hydrogen-bond donors (Lipinski definition) is 0. The van der Waals surface area contributed by atoms with Gasteiger partial charge < -0.3 is 9.47 Å². The summed E-state index contributed by atoms with van der Waals surface area (Å²) in [6.45, 7) is 0. The van der Waals surface area contributed by atoms with Crippen LogP contribution in [0.15, 0.2) is 255 Å². The van der Waals surface area contributed by atoms with Crippen molar-refractivity contribution in [2.45, 2.75) is 0 Å². The second-order valence-corrected chi connectivity index (χ2v) is 16.5. The van der Waals surface area contributed by atoms with E-state index < -0.39 is 0 Å². The van der Waals surface area contributed by atoms with Crippen molar-refractivity contribution < 1.29 is 0 Å². The van der Waals surface area contributed by atoms with Crippen molar-refractivity contribution in [1.29, 1.82) is 0 Å². The molecule has 0 saturated carbocycles. The maximum atomic E-state index is 2.47. The van der Waals surface area contributed by atoms with Gasteiger partial charge in [-0.25, -0.2) is 0 Å². The van der Waals surface area contributed by atoms with Crippen LogP contribution in [0.5, 0.6) is 0 Å². The van der Waals surface area contributed by atoms with Crippen LogP contribution in [0, 0.1) is 0 Å². The zero-order chi connectivity index (χ0) is 42.4. The molecule has 64 heavy (non-hydrogen) atoms. The molecule has 0 aliphatic carbocycles. The minimum absolute atomic E-state index is 1.09. The Bertz CT molecular complexity index is 3620. The lowest BCUT2D eigenvalue weighted by Gasteiger charge is -2.26. The molecule has 11 aromatic carbocycles. The number of nitrogens with zero attached hydrogens (tertiary/aromatic N) is 2. The molecule has 0 saturated heterocycles. The molecule has 0 aliphatic heterocycles. The maximum absolute atomic E-state index is 2.47. The topological polar surface area (TPSA) is 8.17 Å². The quantitative estimate of drug-likeness (QED) is 0.148. The number of para-hydroxylation sites is 2. The third kappa shape index (κ3) is 6.52. The second-order valence-electron chi connectivity index (χ2n) is 16.5. The van der Waals surface area contributed by atoms with Crippen molar-refractivity contribution in [3.05, 3.63) is 255 Å². The van der Waals surface area contributed by atoms with Gasteiger partial charge in [0.2, 0.25) is 0 Å². The molecule has 0 amide bonds. The average molecular weight is 815 g/mol. The molecule has 1 aromatic heterocycles. The number of hydrogen-bond acceptors (Lipinski definition) is 1. The molecule has 1 heterocycles. The number of benzene rings is 11. The van der Waals surface area contributed by atoms with E-state index in [-0.39, 0.29) is 0 Å². The first-order chi connectivity index (χ1) is 31.7. The van der Waals surface area contributed by atoms with E-state index in [4.69, 9.17) is 0 Å². The van der Waals surface area contributed by atoms with Crippen LogP contribution in [0.1, 0.15) is 0 Å². The van der Waals surface area contributed by atoms with Gasteiger partial charge in [0.1, 0.15) is 0 Å². The molecule has 2 heteroatoms. The van der Waals surface area contributed by atoms with Crippen LogP contribution in [-0.4, -0.2) is 4.57 Å². The number of aromatic nitrogens is 1. The van der Waals surface area contributed by atoms with Crippen molar-refractivity contribution in [3.8, 4) is 50.2 Å². The fourth-order valence-corrected chi connectivity index (χ4v) is 9.71. The van der Waals surface area contributed by atoms with Crippen LogP contribution in [-0.2, 0) is 0 Å². The highest BCUT2D eigenvalue weighted by Crippen LogP contribution is 2.43. The molecule has 0 spiro atoms. The number of fused-ring (bicyclic) bond motifs is 6. The SMILES string of the molecule is c1ccc(-c2ccc(N(c3ccc(-c4ccc5ccccc5c4)cc3)c3ccc(-c4ccccc4-n4c5ccccc5c5c6c(-c7ccccc7)cccc6ccc54)cc3)cc2)cc1. The Morgan fingerprint density at radius 1 is 0.266 bits per heavy atom. The Morgan fingerprint density at radius 2 is 0.750 bits per heavy atom. The summed E-state index contributed by atoms with van der Waals surface area (Å²) >= 11 is 0. The van der Waals surface area contributed by atoms with E-state index in [0.717, 1.165) is 28.3 Å². The van der Waals surface area contributed by atoms with Gasteiger partial charge in [0.25, 0.3) is 0 Å². The molecule has 12 aromatic rings. The Balaban J connectivity index is 0.965. The summed E-state index contributed by atoms with van der Waals surface area (Å²) in [4.78, 5) is 2.36. The molecule has 0 N–H and O–H groups in total. The predicted molar refractivity (Wildman–Crippen MR) is 272 cm³/mol. The minimum Gasteiger partial charge on any atom is -0.311 e. The first-order valence-electron chi connectivity index (χ1n) is 22.0. The Hall–Kier alpha value is -8.46. The van der Waals surface area contributed by atoms with Crippen LogP contribution < -0.4 is 4.90 Å². The first kappa shape index (κ1) is 37.3. The third-order valence-electron chi connectivity index (χ3n) is 12.8. The molecule has 0 aliphatic rings. The van der Waals surface area contributed by atoms with Crippen molar-refractivity contribution in [2.24, 2.45) is 0 Å². The van der Waals surface area contributed by atoms with Gasteiger partial charge in [-0.3, -0.25) is 0 Å². The van der Waals surface area contributed by atoms with E-state index >= 15 is 0 Å². The molecular formula is C62H42N2. The molecule has 0 fully saturated rings. The summed E-state index contributed by atoms with van der Waals surface area (Å²) in [6, 6.07) is 92.6. The van der Waals surface area contributed by atoms with Crippen LogP contribution in [0.4, 0.5) is 17.1 Å². The molecule has 12 rings (SSSR count). The van der Waals surface area contributed by atoms with Crippen molar-refractivity contribution in [2.75, 3.05) is 4.90 Å². The van der Waals surface area contributed by atoms with E-state index in [9.17, 15) is 0 Å². The van der Waals surface area contributed by atoms with Crippen molar-refractivity contribution in [1.82, 2.24) is 4.57 Å². The summed E-state index contributed by atoms with van der Waals surface area (Å²) in [5.74, 6) is 0. The lowest BCUT2D eigenvalue weighted by Crippen LogP contribution is -2.09. The van der Waals surface area contributed by atoms with Gasteiger partial charge in [0.15, 0.2) is 0 Å². The predicted octanol–water partition coefficient (Wildman–Crippen LogP) is 17.2. The van der Waals surface area contributed by atoms with Gasteiger partial charge in [-0.2, -0.15) is 0 Å². The van der Waals surface area contributed by atoms with E-state index in [1.54, 1.807) is 0 Å². The summed E-state index contributed by atoms with van der Waals surface area (Å²) < 4.78 is 2.47. The first-order valence-corrected chi connectivity index (χ1v) is 22.0. The van der Waals surface area contributed by atoms with Gasteiger partial charge in [-0.05, 0) is 121 Å². The lowest BCUT2D eigenvalue weighted by atomic mass is 9.94. The van der Waals surface area contributed by atoms with E-state index in [0.29, 0.717) is 0 Å². The van der Waals surface area contributed by atoms with Gasteiger partial charge >= 0.3 is 0 Å². The molecule has 0 unspecified atom stereocenters. The molecule has 300 valence electrons. The monoisotopic (exact) mass is 814 g/mol. The normalized spacial score (nSPS) is 11.4. The minimum atomic E-state index is 1.09. The summed E-state index contributed by atoms with van der Waals surface area (Å²) in [5, 5.41) is 7.54. The highest BCUT2D eigenvalue weighted by atomic mass is 15.1. The van der Waals surface area contributed by atoms with Crippen LogP contribution in [0.2, 0.25) is 0 Å². The largest absolute Gasteiger partial charge is 0.311 e. The smallest absolute Gasteiger partial charge is 0.0548 e. The summed E-state index contributed by atoms with van der Waals surface area (Å²) in [6.07, 6.45) is 0. The van der Waals surface area contributed by atoms with Gasteiger partial charge in [-0.1, -0.05) is 194 Å². The van der Waals surface area contributed by atoms with E-state index in [2.05, 4.69) is 264 Å². The molecule has 2 nitrogen and oxygen atoms in total. The molecule has 0 atom stereocenters. The fourth-order valence-electron chi connectivity index (χ4n) is 9.71. The second kappa shape index (κ2) is 15.8. The zero-order valence-electron chi connectivity index (χ0n) is 35.1. The van der Waals surface area contributed by atoms with Crippen LogP contribution >= 0.6 is 0 Å². The number of rotatable bonds is 8. The average Bonchev–Trinajstić information content (AvgIpc) is 3.72. The fraction of sp³-hybridized carbons (Fsp3) is 0. The molecule has 0 radical (unpaired) electrons. The van der Waals surface area contributed by atoms with E-state index in [1.165, 1.54) is 82.3 Å². The Morgan fingerprint density at radius 3 is 1.47 bits per heavy atom. The van der Waals surface area contributed by atoms with Crippen LogP contribution in [0.25, 0.3) is 93.5 Å². The van der Waals surface area contributed by atoms with E-state index in [1.807, 2.05) is 0 Å². The standard InChI is InChI=1S/C62H42N2/c1-3-14-43(15-4-1)45-28-35-52(36-29-45)63(53-37-30-46(31-38-53)51-27-26-44-16-7-8-19-50(44)42-51)54-39-32-48(33-40-54)55-21-9-11-24-58(55)64-59-25-12-10-22-57(59)62-60(64)41-34-49-20-13-23-56(61(49)62)47-17-5-2-6-18-47/h1-42H. The Labute approximate surface area is 373 Å². The molecule has 0 bridgehead atoms. The summed E-state index contributed by atoms with van der Waals surface area (Å²) in [7, 11) is 0. The molecular weight excluding hydrogens is 773 g/mol. The van der Waals surface area contributed by atoms with Gasteiger partial charge in [0.05, 0.1) is 16.7 Å². The lowest BCUT2D eigenvalue weighted by molar-refractivity contribution is 1.18. The highest BCUT2D eigenvalue weighted by Gasteiger charge is 2.20. The number of anilines is 3. The summed E-state index contributed by atoms with van der Waals surface area (Å²) in [5.41, 5.74) is 16.4.